The van der Waals surface area contributed by atoms with Crippen LogP contribution in [0.4, 0.5) is 10.5 Å². The zero-order chi connectivity index (χ0) is 19.8. The summed E-state index contributed by atoms with van der Waals surface area (Å²) < 4.78 is 10.5. The van der Waals surface area contributed by atoms with E-state index in [0.717, 1.165) is 0 Å². The molecule has 0 aromatic heterocycles. The van der Waals surface area contributed by atoms with E-state index in [1.54, 1.807) is 36.4 Å². The minimum atomic E-state index is -0.677. The summed E-state index contributed by atoms with van der Waals surface area (Å²) in [4.78, 5) is 23.5. The minimum absolute atomic E-state index is 0.0455. The third kappa shape index (κ3) is 5.72. The third-order valence-electron chi connectivity index (χ3n) is 3.99. The van der Waals surface area contributed by atoms with Crippen LogP contribution in [0.2, 0.25) is 0 Å². The number of carbonyl (C=O) groups excluding carboxylic acids is 2. The Kier molecular flexibility index (Phi) is 7.19. The van der Waals surface area contributed by atoms with Gasteiger partial charge in [0.2, 0.25) is 0 Å². The van der Waals surface area contributed by atoms with E-state index >= 15 is 0 Å². The highest BCUT2D eigenvalue weighted by molar-refractivity contribution is 5.94. The maximum absolute atomic E-state index is 12.2. The first-order valence-electron chi connectivity index (χ1n) is 8.51. The Hall–Kier alpha value is -3.06. The lowest BCUT2D eigenvalue weighted by molar-refractivity contribution is 0.0992. The van der Waals surface area contributed by atoms with Crippen molar-refractivity contribution in [1.82, 2.24) is 0 Å². The molecular weight excluding hydrogens is 350 g/mol. The second kappa shape index (κ2) is 9.59. The maximum Gasteiger partial charge on any atom is 0.412 e. The van der Waals surface area contributed by atoms with Gasteiger partial charge in [0, 0.05) is 17.9 Å². The highest BCUT2D eigenvalue weighted by atomic mass is 16.6. The first-order valence-corrected chi connectivity index (χ1v) is 8.51. The van der Waals surface area contributed by atoms with Crippen molar-refractivity contribution in [2.24, 2.45) is 0 Å². The fourth-order valence-electron chi connectivity index (χ4n) is 2.54. The summed E-state index contributed by atoms with van der Waals surface area (Å²) in [6.07, 6.45) is -0.508. The maximum atomic E-state index is 12.2. The number of anilines is 1. The number of hydrogen-bond acceptors (Lipinski definition) is 6. The van der Waals surface area contributed by atoms with E-state index in [1.165, 1.54) is 20.1 Å². The van der Waals surface area contributed by atoms with Crippen molar-refractivity contribution in [3.8, 4) is 11.5 Å². The van der Waals surface area contributed by atoms with Gasteiger partial charge in [0.15, 0.2) is 17.3 Å². The van der Waals surface area contributed by atoms with Gasteiger partial charge in [0.25, 0.3) is 0 Å². The SMILES string of the molecule is COc1ccc([C@@H](CCCO)OC(=O)Nc2ccc(C(C)=O)cc2)cc1O. The summed E-state index contributed by atoms with van der Waals surface area (Å²) >= 11 is 0. The molecule has 0 bridgehead atoms. The molecule has 0 aliphatic rings. The first kappa shape index (κ1) is 20.3. The fourth-order valence-corrected chi connectivity index (χ4v) is 2.54. The van der Waals surface area contributed by atoms with Gasteiger partial charge in [-0.15, -0.1) is 0 Å². The molecule has 2 aromatic carbocycles. The lowest BCUT2D eigenvalue weighted by Gasteiger charge is -2.19. The molecule has 0 saturated heterocycles. The van der Waals surface area contributed by atoms with E-state index in [0.29, 0.717) is 35.4 Å². The number of methoxy groups -OCH3 is 1. The standard InChI is InChI=1S/C20H23NO6/c1-13(23)14-5-8-16(9-6-14)21-20(25)27-18(4-3-11-22)15-7-10-19(26-2)17(24)12-15/h5-10,12,18,22,24H,3-4,11H2,1-2H3,(H,21,25)/t18-/m1/s1. The highest BCUT2D eigenvalue weighted by Gasteiger charge is 2.18. The topological polar surface area (TPSA) is 105 Å². The van der Waals surface area contributed by atoms with Gasteiger partial charge in [-0.1, -0.05) is 6.07 Å². The predicted octanol–water partition coefficient (Wildman–Crippen LogP) is 3.67. The van der Waals surface area contributed by atoms with Gasteiger partial charge >= 0.3 is 6.09 Å². The number of phenolic OH excluding ortho intramolecular Hbond substituents is 1. The van der Waals surface area contributed by atoms with Crippen LogP contribution in [-0.4, -0.2) is 35.8 Å². The molecule has 7 nitrogen and oxygen atoms in total. The Bertz CT molecular complexity index is 788. The van der Waals surface area contributed by atoms with Crippen molar-refractivity contribution in [1.29, 1.82) is 0 Å². The number of ketones is 1. The molecule has 0 radical (unpaired) electrons. The van der Waals surface area contributed by atoms with Gasteiger partial charge in [-0.2, -0.15) is 0 Å². The average molecular weight is 373 g/mol. The van der Waals surface area contributed by atoms with E-state index < -0.39 is 12.2 Å². The molecular formula is C20H23NO6. The number of carbonyl (C=O) groups is 2. The summed E-state index contributed by atoms with van der Waals surface area (Å²) in [6, 6.07) is 11.2. The lowest BCUT2D eigenvalue weighted by atomic mass is 10.0. The number of phenols is 1. The normalized spacial score (nSPS) is 11.5. The summed E-state index contributed by atoms with van der Waals surface area (Å²) in [5.74, 6) is 0.190. The number of nitrogens with one attached hydrogen (secondary N) is 1. The number of hydrogen-bond donors (Lipinski definition) is 3. The van der Waals surface area contributed by atoms with Crippen LogP contribution < -0.4 is 10.1 Å². The predicted molar refractivity (Wildman–Crippen MR) is 100 cm³/mol. The number of rotatable bonds is 8. The Balaban J connectivity index is 2.09. The van der Waals surface area contributed by atoms with Crippen molar-refractivity contribution >= 4 is 17.6 Å². The van der Waals surface area contributed by atoms with Crippen LogP contribution in [-0.2, 0) is 4.74 Å². The molecule has 7 heteroatoms. The number of amides is 1. The van der Waals surface area contributed by atoms with Gasteiger partial charge in [-0.3, -0.25) is 10.1 Å². The molecule has 144 valence electrons. The number of aliphatic hydroxyl groups excluding tert-OH is 1. The summed E-state index contributed by atoms with van der Waals surface area (Å²) in [6.45, 7) is 1.42. The van der Waals surface area contributed by atoms with Crippen molar-refractivity contribution < 1.29 is 29.3 Å². The van der Waals surface area contributed by atoms with Gasteiger partial charge in [0.05, 0.1) is 7.11 Å². The fraction of sp³-hybridized carbons (Fsp3) is 0.300. The molecule has 0 fully saturated rings. The largest absolute Gasteiger partial charge is 0.504 e. The van der Waals surface area contributed by atoms with Crippen LogP contribution in [0.25, 0.3) is 0 Å². The van der Waals surface area contributed by atoms with Crippen LogP contribution in [0.1, 0.15) is 41.8 Å². The summed E-state index contributed by atoms with van der Waals surface area (Å²) in [5, 5.41) is 21.6. The van der Waals surface area contributed by atoms with Crippen LogP contribution >= 0.6 is 0 Å². The van der Waals surface area contributed by atoms with E-state index in [2.05, 4.69) is 5.32 Å². The molecule has 1 amide bonds. The van der Waals surface area contributed by atoms with Gasteiger partial charge in [-0.05, 0) is 61.7 Å². The Morgan fingerprint density at radius 2 is 1.85 bits per heavy atom. The van der Waals surface area contributed by atoms with E-state index in [-0.39, 0.29) is 18.1 Å². The quantitative estimate of drug-likeness (QED) is 0.610. The van der Waals surface area contributed by atoms with Crippen LogP contribution in [0, 0.1) is 0 Å². The average Bonchev–Trinajstić information content (AvgIpc) is 2.65. The molecule has 0 saturated carbocycles. The molecule has 0 heterocycles. The summed E-state index contributed by atoms with van der Waals surface area (Å²) in [5.41, 5.74) is 1.62. The molecule has 0 spiro atoms. The molecule has 2 rings (SSSR count). The molecule has 1 atom stereocenters. The minimum Gasteiger partial charge on any atom is -0.504 e. The molecule has 27 heavy (non-hydrogen) atoms. The van der Waals surface area contributed by atoms with Crippen molar-refractivity contribution in [2.45, 2.75) is 25.9 Å². The van der Waals surface area contributed by atoms with E-state index in [9.17, 15) is 14.7 Å². The number of ether oxygens (including phenoxy) is 2. The highest BCUT2D eigenvalue weighted by Crippen LogP contribution is 2.32. The number of Topliss-reactive ketones (excluding diaryl/α,β-unsaturated/α-hetero) is 1. The van der Waals surface area contributed by atoms with E-state index in [1.807, 2.05) is 0 Å². The Morgan fingerprint density at radius 1 is 1.15 bits per heavy atom. The van der Waals surface area contributed by atoms with Crippen molar-refractivity contribution in [3.05, 3.63) is 53.6 Å². The smallest absolute Gasteiger partial charge is 0.412 e. The van der Waals surface area contributed by atoms with Gasteiger partial charge in [-0.25, -0.2) is 4.79 Å². The van der Waals surface area contributed by atoms with Crippen LogP contribution in [0.5, 0.6) is 11.5 Å². The molecule has 3 N–H and O–H groups in total. The zero-order valence-corrected chi connectivity index (χ0v) is 15.3. The van der Waals surface area contributed by atoms with Crippen molar-refractivity contribution in [2.75, 3.05) is 19.0 Å². The van der Waals surface area contributed by atoms with Gasteiger partial charge < -0.3 is 19.7 Å². The van der Waals surface area contributed by atoms with E-state index in [4.69, 9.17) is 14.6 Å². The second-order valence-corrected chi connectivity index (χ2v) is 5.95. The molecule has 0 aliphatic carbocycles. The molecule has 0 aliphatic heterocycles. The monoisotopic (exact) mass is 373 g/mol. The third-order valence-corrected chi connectivity index (χ3v) is 3.99. The second-order valence-electron chi connectivity index (χ2n) is 5.95. The Labute approximate surface area is 157 Å². The van der Waals surface area contributed by atoms with Crippen LogP contribution in [0.15, 0.2) is 42.5 Å². The first-order chi connectivity index (χ1) is 12.9. The number of aliphatic hydroxyl groups is 1. The zero-order valence-electron chi connectivity index (χ0n) is 15.3. The van der Waals surface area contributed by atoms with Crippen molar-refractivity contribution in [3.63, 3.8) is 0 Å². The molecule has 0 unspecified atom stereocenters. The lowest BCUT2D eigenvalue weighted by Crippen LogP contribution is -2.18. The molecule has 2 aromatic rings. The van der Waals surface area contributed by atoms with Gasteiger partial charge in [0.1, 0.15) is 6.10 Å². The number of benzene rings is 2. The number of aromatic hydroxyl groups is 1. The Morgan fingerprint density at radius 3 is 2.41 bits per heavy atom. The van der Waals surface area contributed by atoms with Crippen LogP contribution in [0.3, 0.4) is 0 Å². The summed E-state index contributed by atoms with van der Waals surface area (Å²) in [7, 11) is 1.44.